The van der Waals surface area contributed by atoms with Gasteiger partial charge in [0.2, 0.25) is 5.91 Å². The van der Waals surface area contributed by atoms with Gasteiger partial charge in [-0.2, -0.15) is 0 Å². The maximum atomic E-state index is 11.6. The number of nitrogens with zero attached hydrogens (tertiary/aromatic N) is 1. The lowest BCUT2D eigenvalue weighted by Crippen LogP contribution is -2.62. The Morgan fingerprint density at radius 1 is 1.50 bits per heavy atom. The van der Waals surface area contributed by atoms with Crippen molar-refractivity contribution in [3.8, 4) is 0 Å². The van der Waals surface area contributed by atoms with E-state index in [9.17, 15) is 15.0 Å². The van der Waals surface area contributed by atoms with Crippen molar-refractivity contribution in [3.05, 3.63) is 0 Å². The number of aliphatic hydroxyl groups excluding tert-OH is 1. The van der Waals surface area contributed by atoms with Crippen LogP contribution in [0.15, 0.2) is 0 Å². The van der Waals surface area contributed by atoms with E-state index in [0.29, 0.717) is 19.4 Å². The van der Waals surface area contributed by atoms with Crippen LogP contribution in [0, 0.1) is 5.92 Å². The molecular weight excluding hydrogens is 182 g/mol. The summed E-state index contributed by atoms with van der Waals surface area (Å²) < 4.78 is 0. The molecule has 0 radical (unpaired) electrons. The van der Waals surface area contributed by atoms with E-state index in [1.807, 2.05) is 0 Å². The van der Waals surface area contributed by atoms with E-state index >= 15 is 0 Å². The van der Waals surface area contributed by atoms with Crippen LogP contribution in [0.5, 0.6) is 0 Å². The summed E-state index contributed by atoms with van der Waals surface area (Å²) in [5.74, 6) is -0.114. The molecule has 1 amide bonds. The van der Waals surface area contributed by atoms with Crippen molar-refractivity contribution in [2.45, 2.75) is 37.8 Å². The number of hydrogen-bond donors (Lipinski definition) is 2. The van der Waals surface area contributed by atoms with Crippen LogP contribution in [-0.4, -0.2) is 39.9 Å². The number of rotatable bonds is 1. The highest BCUT2D eigenvalue weighted by molar-refractivity contribution is 5.77. The van der Waals surface area contributed by atoms with Gasteiger partial charge in [-0.05, 0) is 25.7 Å². The fraction of sp³-hybridized carbons (Fsp3) is 0.900. The van der Waals surface area contributed by atoms with Crippen molar-refractivity contribution in [1.29, 1.82) is 0 Å². The molecule has 2 fully saturated rings. The van der Waals surface area contributed by atoms with Gasteiger partial charge in [0.1, 0.15) is 5.72 Å². The quantitative estimate of drug-likeness (QED) is 0.629. The fourth-order valence-corrected chi connectivity index (χ4v) is 2.69. The monoisotopic (exact) mass is 199 g/mol. The summed E-state index contributed by atoms with van der Waals surface area (Å²) in [7, 11) is 0. The van der Waals surface area contributed by atoms with Crippen LogP contribution in [-0.2, 0) is 4.79 Å². The fourth-order valence-electron chi connectivity index (χ4n) is 2.69. The van der Waals surface area contributed by atoms with Crippen molar-refractivity contribution < 1.29 is 15.0 Å². The molecule has 0 aromatic carbocycles. The molecule has 0 aromatic heterocycles. The number of fused-ring (bicyclic) bond motifs is 1. The predicted molar refractivity (Wildman–Crippen MR) is 50.3 cm³/mol. The zero-order valence-electron chi connectivity index (χ0n) is 8.28. The average Bonchev–Trinajstić information content (AvgIpc) is 2.17. The van der Waals surface area contributed by atoms with Crippen LogP contribution in [0.3, 0.4) is 0 Å². The molecule has 2 rings (SSSR count). The first kappa shape index (κ1) is 9.93. The topological polar surface area (TPSA) is 60.8 Å². The number of hydrogen-bond acceptors (Lipinski definition) is 3. The van der Waals surface area contributed by atoms with E-state index in [-0.39, 0.29) is 18.4 Å². The van der Waals surface area contributed by atoms with Crippen LogP contribution in [0.25, 0.3) is 0 Å². The molecule has 4 nitrogen and oxygen atoms in total. The minimum atomic E-state index is -1.05. The summed E-state index contributed by atoms with van der Waals surface area (Å²) in [6.07, 6.45) is 3.60. The molecule has 2 atom stereocenters. The first-order chi connectivity index (χ1) is 6.68. The molecular formula is C10H17NO3. The van der Waals surface area contributed by atoms with Crippen LogP contribution in [0.1, 0.15) is 32.1 Å². The summed E-state index contributed by atoms with van der Waals surface area (Å²) in [6, 6.07) is 0. The largest absolute Gasteiger partial charge is 0.396 e. The Kier molecular flexibility index (Phi) is 2.49. The smallest absolute Gasteiger partial charge is 0.224 e. The molecule has 2 heterocycles. The van der Waals surface area contributed by atoms with Crippen molar-refractivity contribution in [1.82, 2.24) is 4.90 Å². The molecule has 2 aliphatic heterocycles. The van der Waals surface area contributed by atoms with Gasteiger partial charge < -0.3 is 15.1 Å². The Bertz CT molecular complexity index is 244. The maximum Gasteiger partial charge on any atom is 0.224 e. The Hall–Kier alpha value is -0.610. The van der Waals surface area contributed by atoms with Gasteiger partial charge in [0.05, 0.1) is 6.61 Å². The molecule has 0 spiro atoms. The highest BCUT2D eigenvalue weighted by Gasteiger charge is 2.48. The molecule has 2 unspecified atom stereocenters. The number of piperidine rings is 2. The van der Waals surface area contributed by atoms with Crippen LogP contribution < -0.4 is 0 Å². The molecule has 2 saturated heterocycles. The van der Waals surface area contributed by atoms with Gasteiger partial charge in [-0.1, -0.05) is 0 Å². The molecule has 0 saturated carbocycles. The highest BCUT2D eigenvalue weighted by Crippen LogP contribution is 2.38. The molecule has 0 bridgehead atoms. The molecule has 4 heteroatoms. The van der Waals surface area contributed by atoms with E-state index in [0.717, 1.165) is 19.3 Å². The van der Waals surface area contributed by atoms with E-state index in [2.05, 4.69) is 0 Å². The SMILES string of the molecule is O=C1CCCC2(O)C(CO)CCCN12. The summed E-state index contributed by atoms with van der Waals surface area (Å²) in [5, 5.41) is 19.5. The van der Waals surface area contributed by atoms with Crippen LogP contribution in [0.4, 0.5) is 0 Å². The normalized spacial score (nSPS) is 38.3. The Morgan fingerprint density at radius 2 is 2.29 bits per heavy atom. The van der Waals surface area contributed by atoms with E-state index < -0.39 is 5.72 Å². The summed E-state index contributed by atoms with van der Waals surface area (Å²) in [4.78, 5) is 13.1. The number of carbonyl (C=O) groups is 1. The zero-order chi connectivity index (χ0) is 10.2. The lowest BCUT2D eigenvalue weighted by Gasteiger charge is -2.50. The summed E-state index contributed by atoms with van der Waals surface area (Å²) in [5.41, 5.74) is -1.05. The zero-order valence-corrected chi connectivity index (χ0v) is 8.28. The third-order valence-corrected chi connectivity index (χ3v) is 3.51. The van der Waals surface area contributed by atoms with E-state index in [1.54, 1.807) is 4.90 Å². The maximum absolute atomic E-state index is 11.6. The lowest BCUT2D eigenvalue weighted by atomic mass is 9.80. The van der Waals surface area contributed by atoms with E-state index in [1.165, 1.54) is 0 Å². The second kappa shape index (κ2) is 3.51. The Labute approximate surface area is 83.5 Å². The lowest BCUT2D eigenvalue weighted by molar-refractivity contribution is -0.203. The van der Waals surface area contributed by atoms with Gasteiger partial charge in [0, 0.05) is 18.9 Å². The Morgan fingerprint density at radius 3 is 3.00 bits per heavy atom. The minimum Gasteiger partial charge on any atom is -0.396 e. The van der Waals surface area contributed by atoms with Gasteiger partial charge in [-0.25, -0.2) is 0 Å². The first-order valence-corrected chi connectivity index (χ1v) is 5.32. The predicted octanol–water partition coefficient (Wildman–Crippen LogP) is 0.0898. The van der Waals surface area contributed by atoms with Crippen molar-refractivity contribution in [3.63, 3.8) is 0 Å². The molecule has 2 N–H and O–H groups in total. The molecule has 80 valence electrons. The standard InChI is InChI=1S/C10H17NO3/c12-7-8-3-2-6-11-9(13)4-1-5-10(8,11)14/h8,12,14H,1-7H2. The number of aliphatic hydroxyl groups is 2. The summed E-state index contributed by atoms with van der Waals surface area (Å²) in [6.45, 7) is 0.617. The third kappa shape index (κ3) is 1.33. The highest BCUT2D eigenvalue weighted by atomic mass is 16.3. The second-order valence-electron chi connectivity index (χ2n) is 4.30. The van der Waals surface area contributed by atoms with Gasteiger partial charge >= 0.3 is 0 Å². The van der Waals surface area contributed by atoms with Crippen molar-refractivity contribution in [2.75, 3.05) is 13.2 Å². The molecule has 2 aliphatic rings. The molecule has 0 aromatic rings. The number of amides is 1. The molecule has 14 heavy (non-hydrogen) atoms. The minimum absolute atomic E-state index is 0.0275. The van der Waals surface area contributed by atoms with Crippen LogP contribution >= 0.6 is 0 Å². The summed E-state index contributed by atoms with van der Waals surface area (Å²) >= 11 is 0. The second-order valence-corrected chi connectivity index (χ2v) is 4.30. The third-order valence-electron chi connectivity index (χ3n) is 3.51. The van der Waals surface area contributed by atoms with Gasteiger partial charge in [-0.15, -0.1) is 0 Å². The van der Waals surface area contributed by atoms with E-state index in [4.69, 9.17) is 0 Å². The van der Waals surface area contributed by atoms with Crippen molar-refractivity contribution in [2.24, 2.45) is 5.92 Å². The van der Waals surface area contributed by atoms with Gasteiger partial charge in [0.25, 0.3) is 0 Å². The first-order valence-electron chi connectivity index (χ1n) is 5.32. The Balaban J connectivity index is 2.23. The van der Waals surface area contributed by atoms with Crippen molar-refractivity contribution >= 4 is 5.91 Å². The van der Waals surface area contributed by atoms with Gasteiger partial charge in [-0.3, -0.25) is 4.79 Å². The average molecular weight is 199 g/mol. The van der Waals surface area contributed by atoms with Gasteiger partial charge in [0.15, 0.2) is 0 Å². The molecule has 0 aliphatic carbocycles. The number of carbonyl (C=O) groups excluding carboxylic acids is 1. The van der Waals surface area contributed by atoms with Crippen LogP contribution in [0.2, 0.25) is 0 Å².